The normalized spacial score (nSPS) is 13.2. The van der Waals surface area contributed by atoms with E-state index in [9.17, 15) is 0 Å². The van der Waals surface area contributed by atoms with Crippen LogP contribution >= 0.6 is 0 Å². The van der Waals surface area contributed by atoms with Crippen molar-refractivity contribution in [2.24, 2.45) is 0 Å². The van der Waals surface area contributed by atoms with E-state index in [0.29, 0.717) is 12.0 Å². The fourth-order valence-electron chi connectivity index (χ4n) is 6.60. The Balaban J connectivity index is 2.44. The molecule has 2 atom stereocenters. The summed E-state index contributed by atoms with van der Waals surface area (Å²) in [6.07, 6.45) is 45.7. The van der Waals surface area contributed by atoms with Crippen LogP contribution in [0.15, 0.2) is 12.4 Å². The van der Waals surface area contributed by atoms with E-state index in [-0.39, 0.29) is 0 Å². The number of nitrogens with one attached hydrogen (secondary N) is 1. The molecule has 1 N–H and O–H groups in total. The van der Waals surface area contributed by atoms with Crippen molar-refractivity contribution in [3.8, 4) is 0 Å². The monoisotopic (exact) mass is 560 g/mol. The number of rotatable bonds is 31. The van der Waals surface area contributed by atoms with Crippen molar-refractivity contribution in [1.82, 2.24) is 4.98 Å². The molecule has 236 valence electrons. The Morgan fingerprint density at radius 3 is 1.18 bits per heavy atom. The summed E-state index contributed by atoms with van der Waals surface area (Å²) in [5.74, 6) is 2.25. The van der Waals surface area contributed by atoms with Crippen LogP contribution in [0.1, 0.15) is 232 Å². The van der Waals surface area contributed by atoms with E-state index in [4.69, 9.17) is 0 Å². The van der Waals surface area contributed by atoms with Crippen molar-refractivity contribution in [2.45, 2.75) is 226 Å². The number of aromatic amines is 1. The van der Waals surface area contributed by atoms with Crippen molar-refractivity contribution in [3.05, 3.63) is 18.2 Å². The lowest BCUT2D eigenvalue weighted by atomic mass is 9.92. The summed E-state index contributed by atoms with van der Waals surface area (Å²) in [5.41, 5.74) is 0. The van der Waals surface area contributed by atoms with E-state index in [1.165, 1.54) is 192 Å². The third kappa shape index (κ3) is 20.1. The van der Waals surface area contributed by atoms with E-state index < -0.39 is 0 Å². The highest BCUT2D eigenvalue weighted by atomic mass is 15.1. The number of imidazole rings is 1. The van der Waals surface area contributed by atoms with Gasteiger partial charge in [0.2, 0.25) is 0 Å². The summed E-state index contributed by atoms with van der Waals surface area (Å²) in [7, 11) is 0. The van der Waals surface area contributed by atoms with Crippen LogP contribution in [0.4, 0.5) is 0 Å². The van der Waals surface area contributed by atoms with Crippen molar-refractivity contribution < 1.29 is 4.57 Å². The summed E-state index contributed by atoms with van der Waals surface area (Å²) in [5, 5.41) is 0. The number of nitrogens with zero attached hydrogens (tertiary/aromatic N) is 1. The first kappa shape index (κ1) is 37.2. The van der Waals surface area contributed by atoms with E-state index >= 15 is 0 Å². The van der Waals surface area contributed by atoms with Gasteiger partial charge in [0.25, 0.3) is 5.82 Å². The van der Waals surface area contributed by atoms with Gasteiger partial charge < -0.3 is 0 Å². The van der Waals surface area contributed by atoms with Gasteiger partial charge in [-0.05, 0) is 32.6 Å². The van der Waals surface area contributed by atoms with Gasteiger partial charge in [0.1, 0.15) is 12.4 Å². The maximum absolute atomic E-state index is 3.74. The maximum atomic E-state index is 3.74. The maximum Gasteiger partial charge on any atom is 0.257 e. The molecule has 0 aliphatic rings. The number of hydrogen-bond donors (Lipinski definition) is 1. The van der Waals surface area contributed by atoms with Gasteiger partial charge in [-0.1, -0.05) is 181 Å². The number of hydrogen-bond acceptors (Lipinski definition) is 0. The second-order valence-corrected chi connectivity index (χ2v) is 13.3. The molecule has 0 spiro atoms. The molecule has 0 aliphatic heterocycles. The zero-order valence-corrected chi connectivity index (χ0v) is 28.3. The molecule has 1 rings (SSSR count). The van der Waals surface area contributed by atoms with Crippen LogP contribution in [-0.2, 0) is 0 Å². The van der Waals surface area contributed by atoms with Crippen LogP contribution in [-0.4, -0.2) is 4.98 Å². The molecule has 0 saturated heterocycles. The molecular weight excluding hydrogens is 484 g/mol. The van der Waals surface area contributed by atoms with Gasteiger partial charge >= 0.3 is 0 Å². The fraction of sp³-hybridized carbons (Fsp3) is 0.921. The molecule has 0 fully saturated rings. The van der Waals surface area contributed by atoms with Crippen LogP contribution in [0.3, 0.4) is 0 Å². The summed E-state index contributed by atoms with van der Waals surface area (Å²) < 4.78 is 2.63. The van der Waals surface area contributed by atoms with Crippen LogP contribution in [0.2, 0.25) is 0 Å². The highest BCUT2D eigenvalue weighted by molar-refractivity contribution is 4.90. The average Bonchev–Trinajstić information content (AvgIpc) is 3.45. The van der Waals surface area contributed by atoms with Gasteiger partial charge in [-0.25, -0.2) is 9.55 Å². The van der Waals surface area contributed by atoms with E-state index in [0.717, 1.165) is 0 Å². The van der Waals surface area contributed by atoms with Crippen LogP contribution in [0.5, 0.6) is 0 Å². The fourth-order valence-corrected chi connectivity index (χ4v) is 6.60. The van der Waals surface area contributed by atoms with E-state index in [1.54, 1.807) is 0 Å². The molecule has 0 bridgehead atoms. The molecule has 40 heavy (non-hydrogen) atoms. The minimum atomic E-state index is 0.620. The number of H-pyrrole nitrogens is 1. The third-order valence-electron chi connectivity index (χ3n) is 9.39. The summed E-state index contributed by atoms with van der Waals surface area (Å²) >= 11 is 0. The summed E-state index contributed by atoms with van der Waals surface area (Å²) in [4.78, 5) is 3.74. The topological polar surface area (TPSA) is 19.7 Å². The first-order valence-electron chi connectivity index (χ1n) is 18.8. The molecule has 2 unspecified atom stereocenters. The number of aromatic nitrogens is 2. The van der Waals surface area contributed by atoms with Crippen LogP contribution < -0.4 is 4.57 Å². The molecule has 0 aliphatic carbocycles. The smallest absolute Gasteiger partial charge is 0.247 e. The van der Waals surface area contributed by atoms with E-state index in [2.05, 4.69) is 49.6 Å². The summed E-state index contributed by atoms with van der Waals surface area (Å²) in [6.45, 7) is 9.41. The molecule has 2 nitrogen and oxygen atoms in total. The molecule has 0 aromatic carbocycles. The van der Waals surface area contributed by atoms with Crippen LogP contribution in [0, 0.1) is 0 Å². The van der Waals surface area contributed by atoms with Gasteiger partial charge in [0, 0.05) is 0 Å². The van der Waals surface area contributed by atoms with Gasteiger partial charge in [-0.2, -0.15) is 0 Å². The number of unbranched alkanes of at least 4 members (excludes halogenated alkanes) is 23. The predicted octanol–water partition coefficient (Wildman–Crippen LogP) is 13.3. The van der Waals surface area contributed by atoms with Gasteiger partial charge in [0.05, 0.1) is 12.0 Å². The molecule has 0 saturated carbocycles. The molecule has 0 amide bonds. The quantitative estimate of drug-likeness (QED) is 0.0689. The van der Waals surface area contributed by atoms with Crippen molar-refractivity contribution in [3.63, 3.8) is 0 Å². The molecule has 1 aromatic heterocycles. The lowest BCUT2D eigenvalue weighted by molar-refractivity contribution is -0.727. The van der Waals surface area contributed by atoms with Crippen molar-refractivity contribution in [2.75, 3.05) is 0 Å². The van der Waals surface area contributed by atoms with Crippen molar-refractivity contribution in [1.29, 1.82) is 0 Å². The highest BCUT2D eigenvalue weighted by Gasteiger charge is 2.25. The second kappa shape index (κ2) is 28.3. The minimum absolute atomic E-state index is 0.620. The second-order valence-electron chi connectivity index (χ2n) is 13.3. The first-order chi connectivity index (χ1) is 19.7. The van der Waals surface area contributed by atoms with Gasteiger partial charge in [-0.3, -0.25) is 0 Å². The predicted molar refractivity (Wildman–Crippen MR) is 179 cm³/mol. The van der Waals surface area contributed by atoms with Crippen molar-refractivity contribution >= 4 is 0 Å². The van der Waals surface area contributed by atoms with Crippen LogP contribution in [0.25, 0.3) is 0 Å². The Kier molecular flexibility index (Phi) is 26.4. The SMILES string of the molecule is CCCCCCCCCCCCC(CCCCCCCCC)c1[nH]cc[n+]1C(C)CCCCCCCCCCC. The van der Waals surface area contributed by atoms with Gasteiger partial charge in [0.15, 0.2) is 0 Å². The molecule has 1 heterocycles. The largest absolute Gasteiger partial charge is 0.257 e. The lowest BCUT2D eigenvalue weighted by Gasteiger charge is -2.17. The Morgan fingerprint density at radius 2 is 0.800 bits per heavy atom. The standard InChI is InChI=1S/C38H74N2/c1-5-8-11-14-17-19-21-24-27-30-33-37(32-29-26-22-16-13-10-7-3)38-39-34-35-40(38)36(4)31-28-25-23-20-18-15-12-9-6-2/h34-37H,5-33H2,1-4H3/p+1. The third-order valence-corrected chi connectivity index (χ3v) is 9.39. The van der Waals surface area contributed by atoms with E-state index in [1.807, 2.05) is 0 Å². The zero-order chi connectivity index (χ0) is 28.9. The lowest BCUT2D eigenvalue weighted by Crippen LogP contribution is -2.41. The summed E-state index contributed by atoms with van der Waals surface area (Å²) in [6, 6.07) is 0.620. The Bertz CT molecular complexity index is 621. The zero-order valence-electron chi connectivity index (χ0n) is 28.3. The first-order valence-corrected chi connectivity index (χ1v) is 18.8. The average molecular weight is 560 g/mol. The molecule has 2 heteroatoms. The molecule has 0 radical (unpaired) electrons. The minimum Gasteiger partial charge on any atom is -0.247 e. The van der Waals surface area contributed by atoms with Gasteiger partial charge in [-0.15, -0.1) is 0 Å². The molecular formula is C38H75N2+. The Hall–Kier alpha value is -0.790. The Labute approximate surface area is 253 Å². The Morgan fingerprint density at radius 1 is 0.475 bits per heavy atom. The highest BCUT2D eigenvalue weighted by Crippen LogP contribution is 2.27. The molecule has 1 aromatic rings.